The zero-order valence-corrected chi connectivity index (χ0v) is 19.4. The minimum atomic E-state index is 0.0167. The smallest absolute Gasteiger partial charge is 0.256 e. The molecule has 0 aliphatic heterocycles. The van der Waals surface area contributed by atoms with Gasteiger partial charge in [0.25, 0.3) is 5.69 Å². The Hall–Kier alpha value is -2.81. The van der Waals surface area contributed by atoms with Crippen molar-refractivity contribution in [3.8, 4) is 0 Å². The number of Topliss-reactive ketones (excluding diaryl/α,β-unsaturated/α-hetero) is 2. The van der Waals surface area contributed by atoms with Gasteiger partial charge in [-0.2, -0.15) is 4.57 Å². The number of pyridine rings is 1. The number of hydrogen-bond donors (Lipinski definition) is 0. The number of rotatable bonds is 14. The molecule has 2 aromatic carbocycles. The molecule has 0 unspecified atom stereocenters. The summed E-state index contributed by atoms with van der Waals surface area (Å²) in [7, 11) is 0. The molecule has 0 N–H and O–H groups in total. The van der Waals surface area contributed by atoms with Crippen LogP contribution in [-0.2, 0) is 6.54 Å². The van der Waals surface area contributed by atoms with E-state index in [-0.39, 0.29) is 18.1 Å². The van der Waals surface area contributed by atoms with E-state index in [0.717, 1.165) is 23.6 Å². The predicted molar refractivity (Wildman–Crippen MR) is 131 cm³/mol. The van der Waals surface area contributed by atoms with Crippen LogP contribution in [0.5, 0.6) is 0 Å². The summed E-state index contributed by atoms with van der Waals surface area (Å²) in [6.07, 6.45) is 13.5. The lowest BCUT2D eigenvalue weighted by Gasteiger charge is -2.07. The van der Waals surface area contributed by atoms with E-state index in [1.807, 2.05) is 71.4 Å². The normalized spacial score (nSPS) is 11.0. The minimum absolute atomic E-state index is 0.0167. The number of aromatic nitrogens is 1. The van der Waals surface area contributed by atoms with Crippen LogP contribution >= 0.6 is 0 Å². The van der Waals surface area contributed by atoms with Crippen LogP contribution < -0.4 is 4.57 Å². The summed E-state index contributed by atoms with van der Waals surface area (Å²) in [5.41, 5.74) is 1.33. The van der Waals surface area contributed by atoms with Crippen molar-refractivity contribution in [3.05, 3.63) is 78.1 Å². The summed E-state index contributed by atoms with van der Waals surface area (Å²) in [4.78, 5) is 26.1. The summed E-state index contributed by atoms with van der Waals surface area (Å²) in [5.74, 6) is 0.147. The summed E-state index contributed by atoms with van der Waals surface area (Å²) in [5, 5.41) is 1.96. The topological polar surface area (TPSA) is 38.0 Å². The van der Waals surface area contributed by atoms with Crippen molar-refractivity contribution in [2.45, 2.75) is 77.7 Å². The van der Waals surface area contributed by atoms with Gasteiger partial charge in [-0.3, -0.25) is 9.59 Å². The van der Waals surface area contributed by atoms with E-state index in [2.05, 4.69) is 6.92 Å². The molecule has 0 fully saturated rings. The van der Waals surface area contributed by atoms with Crippen LogP contribution in [-0.4, -0.2) is 11.6 Å². The number of fused-ring (bicyclic) bond motifs is 1. The molecule has 0 saturated heterocycles. The van der Waals surface area contributed by atoms with Crippen LogP contribution in [0.1, 0.15) is 92.0 Å². The molecule has 0 bridgehead atoms. The first kappa shape index (κ1) is 23.8. The maximum atomic E-state index is 13.3. The standard InChI is InChI=1S/C29H36NO2/c1-2-3-4-5-6-7-8-9-13-20-27(31)29-26-19-15-14-16-24(26)21-22-30(29)23-28(32)25-17-11-10-12-18-25/h10-12,14-19,21-22H,2-9,13,20,23H2,1H3/q+1. The van der Waals surface area contributed by atoms with Gasteiger partial charge in [0.15, 0.2) is 6.20 Å². The molecule has 0 radical (unpaired) electrons. The fourth-order valence-electron chi connectivity index (χ4n) is 4.28. The molecule has 0 saturated carbocycles. The molecule has 0 amide bonds. The average Bonchev–Trinajstić information content (AvgIpc) is 2.83. The van der Waals surface area contributed by atoms with Crippen LogP contribution in [0.2, 0.25) is 0 Å². The number of carbonyl (C=O) groups is 2. The van der Waals surface area contributed by atoms with E-state index in [1.165, 1.54) is 44.9 Å². The largest absolute Gasteiger partial charge is 0.287 e. The fraction of sp³-hybridized carbons (Fsp3) is 0.414. The van der Waals surface area contributed by atoms with E-state index >= 15 is 0 Å². The van der Waals surface area contributed by atoms with E-state index in [1.54, 1.807) is 0 Å². The first-order valence-electron chi connectivity index (χ1n) is 12.2. The van der Waals surface area contributed by atoms with Crippen molar-refractivity contribution in [2.24, 2.45) is 0 Å². The fourth-order valence-corrected chi connectivity index (χ4v) is 4.28. The lowest BCUT2D eigenvalue weighted by Crippen LogP contribution is -2.43. The summed E-state index contributed by atoms with van der Waals surface area (Å²) < 4.78 is 1.84. The highest BCUT2D eigenvalue weighted by atomic mass is 16.1. The average molecular weight is 431 g/mol. The van der Waals surface area contributed by atoms with Crippen LogP contribution in [0.25, 0.3) is 10.8 Å². The molecule has 168 valence electrons. The van der Waals surface area contributed by atoms with Crippen molar-refractivity contribution >= 4 is 22.3 Å². The molecule has 0 atom stereocenters. The van der Waals surface area contributed by atoms with E-state index in [0.29, 0.717) is 17.7 Å². The van der Waals surface area contributed by atoms with Crippen molar-refractivity contribution < 1.29 is 14.2 Å². The van der Waals surface area contributed by atoms with Gasteiger partial charge in [0.2, 0.25) is 18.1 Å². The third kappa shape index (κ3) is 6.85. The summed E-state index contributed by atoms with van der Waals surface area (Å²) >= 11 is 0. The van der Waals surface area contributed by atoms with Gasteiger partial charge < -0.3 is 0 Å². The second kappa shape index (κ2) is 12.9. The number of benzene rings is 2. The van der Waals surface area contributed by atoms with Crippen LogP contribution in [0.15, 0.2) is 66.9 Å². The zero-order chi connectivity index (χ0) is 22.6. The second-order valence-corrected chi connectivity index (χ2v) is 8.67. The highest BCUT2D eigenvalue weighted by Gasteiger charge is 2.24. The molecule has 0 aliphatic carbocycles. The third-order valence-electron chi connectivity index (χ3n) is 6.12. The van der Waals surface area contributed by atoms with Crippen LogP contribution in [0.3, 0.4) is 0 Å². The predicted octanol–water partition coefficient (Wildman–Crippen LogP) is 7.11. The third-order valence-corrected chi connectivity index (χ3v) is 6.12. The Bertz CT molecular complexity index is 1010. The Balaban J connectivity index is 1.64. The quantitative estimate of drug-likeness (QED) is 0.155. The van der Waals surface area contributed by atoms with Crippen molar-refractivity contribution in [2.75, 3.05) is 0 Å². The number of unbranched alkanes of at least 4 members (excludes halogenated alkanes) is 8. The molecule has 0 spiro atoms. The van der Waals surface area contributed by atoms with Gasteiger partial charge in [-0.1, -0.05) is 107 Å². The van der Waals surface area contributed by atoms with E-state index in [4.69, 9.17) is 0 Å². The van der Waals surface area contributed by atoms with Gasteiger partial charge >= 0.3 is 0 Å². The van der Waals surface area contributed by atoms with Gasteiger partial charge in [-0.05, 0) is 17.9 Å². The lowest BCUT2D eigenvalue weighted by atomic mass is 10.0. The maximum absolute atomic E-state index is 13.3. The molecule has 3 nitrogen and oxygen atoms in total. The van der Waals surface area contributed by atoms with Gasteiger partial charge in [0.05, 0.1) is 5.39 Å². The maximum Gasteiger partial charge on any atom is 0.256 e. The Morgan fingerprint density at radius 2 is 1.31 bits per heavy atom. The van der Waals surface area contributed by atoms with Crippen molar-refractivity contribution in [1.29, 1.82) is 0 Å². The number of nitrogens with zero attached hydrogens (tertiary/aromatic N) is 1. The molecule has 0 aliphatic rings. The zero-order valence-electron chi connectivity index (χ0n) is 19.4. The molecular formula is C29H36NO2+. The van der Waals surface area contributed by atoms with Crippen molar-refractivity contribution in [3.63, 3.8) is 0 Å². The summed E-state index contributed by atoms with van der Waals surface area (Å²) in [6, 6.07) is 19.2. The molecule has 3 rings (SSSR count). The van der Waals surface area contributed by atoms with Gasteiger partial charge in [0.1, 0.15) is 0 Å². The number of hydrogen-bond acceptors (Lipinski definition) is 2. The first-order valence-corrected chi connectivity index (χ1v) is 12.2. The van der Waals surface area contributed by atoms with Gasteiger partial charge in [-0.25, -0.2) is 0 Å². The highest BCUT2D eigenvalue weighted by Crippen LogP contribution is 2.19. The SMILES string of the molecule is CCCCCCCCCCCC(=O)c1c2ccccc2cc[n+]1CC(=O)c1ccccc1. The highest BCUT2D eigenvalue weighted by molar-refractivity contribution is 6.05. The Morgan fingerprint density at radius 3 is 2.03 bits per heavy atom. The molecule has 32 heavy (non-hydrogen) atoms. The van der Waals surface area contributed by atoms with E-state index < -0.39 is 0 Å². The molecule has 1 aromatic heterocycles. The lowest BCUT2D eigenvalue weighted by molar-refractivity contribution is -0.683. The number of ketones is 2. The van der Waals surface area contributed by atoms with Crippen LogP contribution in [0.4, 0.5) is 0 Å². The first-order chi connectivity index (χ1) is 15.7. The number of carbonyl (C=O) groups excluding carboxylic acids is 2. The monoisotopic (exact) mass is 430 g/mol. The van der Waals surface area contributed by atoms with Gasteiger partial charge in [0, 0.05) is 18.1 Å². The minimum Gasteiger partial charge on any atom is -0.287 e. The second-order valence-electron chi connectivity index (χ2n) is 8.67. The van der Waals surface area contributed by atoms with E-state index in [9.17, 15) is 9.59 Å². The Morgan fingerprint density at radius 1 is 0.688 bits per heavy atom. The van der Waals surface area contributed by atoms with Crippen LogP contribution in [0, 0.1) is 0 Å². The van der Waals surface area contributed by atoms with Gasteiger partial charge in [-0.15, -0.1) is 0 Å². The molecule has 3 heteroatoms. The van der Waals surface area contributed by atoms with Crippen molar-refractivity contribution in [1.82, 2.24) is 0 Å². The Kier molecular flexibility index (Phi) is 9.61. The summed E-state index contributed by atoms with van der Waals surface area (Å²) in [6.45, 7) is 2.42. The molecular weight excluding hydrogens is 394 g/mol. The molecule has 3 aromatic rings. The molecule has 1 heterocycles. The Labute approximate surface area is 192 Å².